The molecule has 0 radical (unpaired) electrons. The smallest absolute Gasteiger partial charge is 0.306 e. The van der Waals surface area contributed by atoms with E-state index >= 15 is 0 Å². The van der Waals surface area contributed by atoms with Gasteiger partial charge in [0.1, 0.15) is 0 Å². The van der Waals surface area contributed by atoms with Crippen molar-refractivity contribution >= 4 is 5.97 Å². The van der Waals surface area contributed by atoms with Crippen LogP contribution in [-0.4, -0.2) is 26.1 Å². The Kier molecular flexibility index (Phi) is 3.22. The monoisotopic (exact) mass is 223 g/mol. The van der Waals surface area contributed by atoms with Crippen LogP contribution in [0.5, 0.6) is 0 Å². The normalized spacial score (nSPS) is 17.3. The molecule has 16 heavy (non-hydrogen) atoms. The minimum Gasteiger partial charge on any atom is -0.481 e. The van der Waals surface area contributed by atoms with Gasteiger partial charge in [-0.2, -0.15) is 0 Å². The molecular formula is C11H17N3O2. The molecule has 1 saturated carbocycles. The van der Waals surface area contributed by atoms with Crippen molar-refractivity contribution in [2.24, 2.45) is 11.8 Å². The van der Waals surface area contributed by atoms with Gasteiger partial charge in [0.2, 0.25) is 0 Å². The predicted molar refractivity (Wildman–Crippen MR) is 57.9 cm³/mol. The molecule has 0 amide bonds. The zero-order chi connectivity index (χ0) is 11.5. The molecule has 1 fully saturated rings. The summed E-state index contributed by atoms with van der Waals surface area (Å²) in [6.07, 6.45) is 5.85. The van der Waals surface area contributed by atoms with Gasteiger partial charge in [0.15, 0.2) is 0 Å². The summed E-state index contributed by atoms with van der Waals surface area (Å²) in [5.74, 6) is -0.272. The first-order chi connectivity index (χ1) is 7.65. The quantitative estimate of drug-likeness (QED) is 0.790. The number of rotatable bonds is 6. The van der Waals surface area contributed by atoms with E-state index in [9.17, 15) is 4.79 Å². The van der Waals surface area contributed by atoms with Gasteiger partial charge >= 0.3 is 5.97 Å². The average molecular weight is 223 g/mol. The molecular weight excluding hydrogens is 206 g/mol. The Morgan fingerprint density at radius 3 is 3.06 bits per heavy atom. The van der Waals surface area contributed by atoms with Gasteiger partial charge in [0, 0.05) is 12.7 Å². The Balaban J connectivity index is 1.80. The first-order valence-corrected chi connectivity index (χ1v) is 5.77. The molecule has 1 aromatic heterocycles. The van der Waals surface area contributed by atoms with Crippen molar-refractivity contribution in [3.05, 3.63) is 11.9 Å². The Morgan fingerprint density at radius 1 is 1.69 bits per heavy atom. The second-order valence-corrected chi connectivity index (χ2v) is 4.65. The lowest BCUT2D eigenvalue weighted by atomic mass is 10.1. The van der Waals surface area contributed by atoms with Crippen LogP contribution in [0.3, 0.4) is 0 Å². The van der Waals surface area contributed by atoms with Crippen molar-refractivity contribution in [1.82, 2.24) is 15.0 Å². The van der Waals surface area contributed by atoms with Crippen LogP contribution in [0.2, 0.25) is 0 Å². The minimum atomic E-state index is -0.745. The fourth-order valence-corrected chi connectivity index (χ4v) is 1.60. The predicted octanol–water partition coefficient (Wildman–Crippen LogP) is 1.34. The molecule has 1 aromatic rings. The summed E-state index contributed by atoms with van der Waals surface area (Å²) < 4.78 is 1.87. The summed E-state index contributed by atoms with van der Waals surface area (Å²) in [5, 5.41) is 16.8. The van der Waals surface area contributed by atoms with E-state index in [0.717, 1.165) is 18.2 Å². The molecule has 1 unspecified atom stereocenters. The first-order valence-electron chi connectivity index (χ1n) is 5.77. The summed E-state index contributed by atoms with van der Waals surface area (Å²) >= 11 is 0. The standard InChI is InChI=1S/C11H17N3O2/c1-8(11(15)16)2-5-10-7-14(13-12-10)6-9-3-4-9/h7-9H,2-6H2,1H3,(H,15,16). The third kappa shape index (κ3) is 3.05. The summed E-state index contributed by atoms with van der Waals surface area (Å²) in [6.45, 7) is 2.68. The van der Waals surface area contributed by atoms with E-state index in [0.29, 0.717) is 12.8 Å². The lowest BCUT2D eigenvalue weighted by Crippen LogP contribution is -2.10. The van der Waals surface area contributed by atoms with Gasteiger partial charge < -0.3 is 5.11 Å². The molecule has 1 aliphatic carbocycles. The maximum absolute atomic E-state index is 10.6. The van der Waals surface area contributed by atoms with Crippen molar-refractivity contribution in [2.45, 2.75) is 39.2 Å². The molecule has 5 heteroatoms. The second kappa shape index (κ2) is 4.63. The lowest BCUT2D eigenvalue weighted by molar-refractivity contribution is -0.141. The summed E-state index contributed by atoms with van der Waals surface area (Å²) in [4.78, 5) is 10.6. The van der Waals surface area contributed by atoms with E-state index in [1.807, 2.05) is 10.9 Å². The summed E-state index contributed by atoms with van der Waals surface area (Å²) in [5.41, 5.74) is 0.897. The molecule has 0 bridgehead atoms. The maximum atomic E-state index is 10.6. The highest BCUT2D eigenvalue weighted by molar-refractivity contribution is 5.69. The van der Waals surface area contributed by atoms with Gasteiger partial charge in [0.05, 0.1) is 11.6 Å². The molecule has 0 saturated heterocycles. The Hall–Kier alpha value is -1.39. The van der Waals surface area contributed by atoms with E-state index < -0.39 is 5.97 Å². The number of aryl methyl sites for hydroxylation is 1. The first kappa shape index (κ1) is 11.1. The minimum absolute atomic E-state index is 0.311. The van der Waals surface area contributed by atoms with E-state index in [4.69, 9.17) is 5.11 Å². The maximum Gasteiger partial charge on any atom is 0.306 e. The number of carboxylic acid groups (broad SMARTS) is 1. The molecule has 0 spiro atoms. The number of carboxylic acids is 1. The Bertz CT molecular complexity index is 371. The van der Waals surface area contributed by atoms with Crippen LogP contribution in [0.4, 0.5) is 0 Å². The highest BCUT2D eigenvalue weighted by atomic mass is 16.4. The van der Waals surface area contributed by atoms with Crippen molar-refractivity contribution in [1.29, 1.82) is 0 Å². The van der Waals surface area contributed by atoms with Gasteiger partial charge in [-0.25, -0.2) is 0 Å². The van der Waals surface area contributed by atoms with Crippen LogP contribution >= 0.6 is 0 Å². The third-order valence-corrected chi connectivity index (χ3v) is 2.98. The van der Waals surface area contributed by atoms with Crippen LogP contribution in [0.25, 0.3) is 0 Å². The fourth-order valence-electron chi connectivity index (χ4n) is 1.60. The van der Waals surface area contributed by atoms with Gasteiger partial charge in [-0.15, -0.1) is 5.10 Å². The van der Waals surface area contributed by atoms with E-state index in [1.54, 1.807) is 6.92 Å². The fraction of sp³-hybridized carbons (Fsp3) is 0.727. The number of carbonyl (C=O) groups is 1. The molecule has 5 nitrogen and oxygen atoms in total. The highest BCUT2D eigenvalue weighted by Gasteiger charge is 2.22. The van der Waals surface area contributed by atoms with E-state index in [-0.39, 0.29) is 5.92 Å². The summed E-state index contributed by atoms with van der Waals surface area (Å²) in [7, 11) is 0. The SMILES string of the molecule is CC(CCc1cn(CC2CC2)nn1)C(=O)O. The van der Waals surface area contributed by atoms with Crippen molar-refractivity contribution in [3.8, 4) is 0 Å². The molecule has 1 N–H and O–H groups in total. The lowest BCUT2D eigenvalue weighted by Gasteiger charge is -2.02. The molecule has 2 rings (SSSR count). The molecule has 0 aromatic carbocycles. The van der Waals surface area contributed by atoms with Gasteiger partial charge in [-0.1, -0.05) is 12.1 Å². The number of aliphatic carboxylic acids is 1. The van der Waals surface area contributed by atoms with Crippen molar-refractivity contribution in [3.63, 3.8) is 0 Å². The topological polar surface area (TPSA) is 68.0 Å². The van der Waals surface area contributed by atoms with E-state index in [1.165, 1.54) is 12.8 Å². The highest BCUT2D eigenvalue weighted by Crippen LogP contribution is 2.30. The van der Waals surface area contributed by atoms with E-state index in [2.05, 4.69) is 10.3 Å². The molecule has 1 atom stereocenters. The number of hydrogen-bond donors (Lipinski definition) is 1. The summed E-state index contributed by atoms with van der Waals surface area (Å²) in [6, 6.07) is 0. The van der Waals surface area contributed by atoms with Gasteiger partial charge in [-0.3, -0.25) is 9.48 Å². The van der Waals surface area contributed by atoms with Gasteiger partial charge in [-0.05, 0) is 31.6 Å². The van der Waals surface area contributed by atoms with Crippen LogP contribution in [0.1, 0.15) is 31.9 Å². The van der Waals surface area contributed by atoms with Gasteiger partial charge in [0.25, 0.3) is 0 Å². The zero-order valence-electron chi connectivity index (χ0n) is 9.46. The average Bonchev–Trinajstić information content (AvgIpc) is 2.93. The Labute approximate surface area is 94.5 Å². The van der Waals surface area contributed by atoms with Crippen molar-refractivity contribution in [2.75, 3.05) is 0 Å². The number of aromatic nitrogens is 3. The van der Waals surface area contributed by atoms with Crippen molar-refractivity contribution < 1.29 is 9.90 Å². The third-order valence-electron chi connectivity index (χ3n) is 2.98. The van der Waals surface area contributed by atoms with Crippen LogP contribution in [0, 0.1) is 11.8 Å². The Morgan fingerprint density at radius 2 is 2.44 bits per heavy atom. The molecule has 1 aliphatic rings. The van der Waals surface area contributed by atoms with Crippen LogP contribution in [-0.2, 0) is 17.8 Å². The second-order valence-electron chi connectivity index (χ2n) is 4.65. The molecule has 1 heterocycles. The molecule has 0 aliphatic heterocycles. The number of hydrogen-bond acceptors (Lipinski definition) is 3. The number of nitrogens with zero attached hydrogens (tertiary/aromatic N) is 3. The zero-order valence-corrected chi connectivity index (χ0v) is 9.46. The van der Waals surface area contributed by atoms with Crippen LogP contribution < -0.4 is 0 Å². The largest absolute Gasteiger partial charge is 0.481 e. The van der Waals surface area contributed by atoms with Crippen LogP contribution in [0.15, 0.2) is 6.20 Å². The molecule has 88 valence electrons.